The van der Waals surface area contributed by atoms with Crippen LogP contribution in [0.1, 0.15) is 23.2 Å². The quantitative estimate of drug-likeness (QED) is 0.940. The van der Waals surface area contributed by atoms with Crippen molar-refractivity contribution in [3.05, 3.63) is 54.2 Å². The van der Waals surface area contributed by atoms with Crippen LogP contribution in [0.4, 0.5) is 11.5 Å². The van der Waals surface area contributed by atoms with Crippen molar-refractivity contribution in [2.45, 2.75) is 12.8 Å². The molecule has 0 aliphatic carbocycles. The van der Waals surface area contributed by atoms with Crippen LogP contribution in [0.2, 0.25) is 0 Å². The third-order valence-electron chi connectivity index (χ3n) is 3.40. The lowest BCUT2D eigenvalue weighted by Gasteiger charge is -2.16. The molecule has 1 N–H and O–H groups in total. The smallest absolute Gasteiger partial charge is 0.256 e. The van der Waals surface area contributed by atoms with E-state index in [4.69, 9.17) is 0 Å². The number of amides is 2. The van der Waals surface area contributed by atoms with Gasteiger partial charge in [-0.3, -0.25) is 9.59 Å². The third kappa shape index (κ3) is 2.91. The summed E-state index contributed by atoms with van der Waals surface area (Å²) in [5, 5.41) is 2.73. The second-order valence-electron chi connectivity index (χ2n) is 4.87. The fourth-order valence-corrected chi connectivity index (χ4v) is 2.36. The number of rotatable bonds is 3. The maximum absolute atomic E-state index is 12.2. The Labute approximate surface area is 122 Å². The van der Waals surface area contributed by atoms with E-state index in [1.54, 1.807) is 41.4 Å². The number of carbonyl (C=O) groups excluding carboxylic acids is 2. The van der Waals surface area contributed by atoms with Gasteiger partial charge in [0, 0.05) is 30.4 Å². The number of hydrogen-bond donors (Lipinski definition) is 1. The number of benzene rings is 1. The number of hydrogen-bond acceptors (Lipinski definition) is 3. The van der Waals surface area contributed by atoms with E-state index in [1.165, 1.54) is 0 Å². The van der Waals surface area contributed by atoms with Gasteiger partial charge < -0.3 is 10.2 Å². The first-order valence-electron chi connectivity index (χ1n) is 6.87. The molecule has 1 fully saturated rings. The standard InChI is InChI=1S/C16H15N3O2/c20-15-8-4-10-19(15)13-6-3-5-12(11-13)16(21)18-14-7-1-2-9-17-14/h1-3,5-7,9,11H,4,8,10H2,(H,17,18,21). The summed E-state index contributed by atoms with van der Waals surface area (Å²) < 4.78 is 0. The molecule has 106 valence electrons. The van der Waals surface area contributed by atoms with Crippen molar-refractivity contribution < 1.29 is 9.59 Å². The monoisotopic (exact) mass is 281 g/mol. The van der Waals surface area contributed by atoms with Crippen molar-refractivity contribution in [2.75, 3.05) is 16.8 Å². The van der Waals surface area contributed by atoms with Gasteiger partial charge in [0.1, 0.15) is 5.82 Å². The minimum Gasteiger partial charge on any atom is -0.312 e. The predicted molar refractivity (Wildman–Crippen MR) is 80.2 cm³/mol. The Hall–Kier alpha value is -2.69. The molecule has 0 spiro atoms. The van der Waals surface area contributed by atoms with Crippen molar-refractivity contribution in [1.29, 1.82) is 0 Å². The first kappa shape index (κ1) is 13.3. The van der Waals surface area contributed by atoms with Crippen molar-refractivity contribution in [2.24, 2.45) is 0 Å². The van der Waals surface area contributed by atoms with E-state index in [0.29, 0.717) is 24.3 Å². The highest BCUT2D eigenvalue weighted by atomic mass is 16.2. The largest absolute Gasteiger partial charge is 0.312 e. The molecule has 0 unspecified atom stereocenters. The Bertz CT molecular complexity index is 670. The Morgan fingerprint density at radius 3 is 2.81 bits per heavy atom. The average Bonchev–Trinajstić information content (AvgIpc) is 2.94. The Morgan fingerprint density at radius 2 is 2.10 bits per heavy atom. The normalized spacial score (nSPS) is 14.3. The third-order valence-corrected chi connectivity index (χ3v) is 3.40. The molecule has 5 heteroatoms. The van der Waals surface area contributed by atoms with E-state index in [2.05, 4.69) is 10.3 Å². The van der Waals surface area contributed by atoms with Gasteiger partial charge in [-0.05, 0) is 36.8 Å². The summed E-state index contributed by atoms with van der Waals surface area (Å²) in [6, 6.07) is 12.4. The molecule has 1 aliphatic rings. The molecule has 0 atom stereocenters. The zero-order valence-electron chi connectivity index (χ0n) is 11.5. The van der Waals surface area contributed by atoms with Gasteiger partial charge in [-0.2, -0.15) is 0 Å². The fourth-order valence-electron chi connectivity index (χ4n) is 2.36. The molecule has 1 aromatic carbocycles. The van der Waals surface area contributed by atoms with Crippen LogP contribution in [0.15, 0.2) is 48.7 Å². The molecule has 0 radical (unpaired) electrons. The molecule has 0 bridgehead atoms. The van der Waals surface area contributed by atoms with E-state index in [9.17, 15) is 9.59 Å². The first-order chi connectivity index (χ1) is 10.2. The molecule has 0 saturated carbocycles. The van der Waals surface area contributed by atoms with Crippen molar-refractivity contribution in [1.82, 2.24) is 4.98 Å². The fraction of sp³-hybridized carbons (Fsp3) is 0.188. The Balaban J connectivity index is 1.79. The second-order valence-corrected chi connectivity index (χ2v) is 4.87. The van der Waals surface area contributed by atoms with Gasteiger partial charge in [-0.25, -0.2) is 4.98 Å². The van der Waals surface area contributed by atoms with Gasteiger partial charge in [-0.1, -0.05) is 12.1 Å². The van der Waals surface area contributed by atoms with E-state index >= 15 is 0 Å². The second kappa shape index (κ2) is 5.75. The summed E-state index contributed by atoms with van der Waals surface area (Å²) >= 11 is 0. The maximum Gasteiger partial charge on any atom is 0.256 e. The van der Waals surface area contributed by atoms with Gasteiger partial charge in [0.15, 0.2) is 0 Å². The van der Waals surface area contributed by atoms with Crippen LogP contribution in [0.5, 0.6) is 0 Å². The average molecular weight is 281 g/mol. The molecule has 3 rings (SSSR count). The minimum atomic E-state index is -0.234. The zero-order valence-corrected chi connectivity index (χ0v) is 11.5. The summed E-state index contributed by atoms with van der Waals surface area (Å²) in [4.78, 5) is 29.7. The molecule has 5 nitrogen and oxygen atoms in total. The van der Waals surface area contributed by atoms with Gasteiger partial charge in [0.25, 0.3) is 5.91 Å². The molecule has 1 aromatic heterocycles. The highest BCUT2D eigenvalue weighted by Crippen LogP contribution is 2.22. The summed E-state index contributed by atoms with van der Waals surface area (Å²) in [7, 11) is 0. The minimum absolute atomic E-state index is 0.109. The summed E-state index contributed by atoms with van der Waals surface area (Å²) in [6.45, 7) is 0.712. The lowest BCUT2D eigenvalue weighted by molar-refractivity contribution is -0.117. The van der Waals surface area contributed by atoms with Crippen LogP contribution < -0.4 is 10.2 Å². The number of anilines is 2. The Morgan fingerprint density at radius 1 is 1.19 bits per heavy atom. The van der Waals surface area contributed by atoms with Crippen molar-refractivity contribution in [3.63, 3.8) is 0 Å². The lowest BCUT2D eigenvalue weighted by Crippen LogP contribution is -2.24. The predicted octanol–water partition coefficient (Wildman–Crippen LogP) is 2.46. The molecule has 1 saturated heterocycles. The number of carbonyl (C=O) groups is 2. The zero-order chi connectivity index (χ0) is 14.7. The SMILES string of the molecule is O=C(Nc1ccccn1)c1cccc(N2CCCC2=O)c1. The molecule has 2 heterocycles. The number of aromatic nitrogens is 1. The summed E-state index contributed by atoms with van der Waals surface area (Å²) in [6.07, 6.45) is 3.06. The van der Waals surface area contributed by atoms with Crippen LogP contribution in [0.25, 0.3) is 0 Å². The first-order valence-corrected chi connectivity index (χ1v) is 6.87. The van der Waals surface area contributed by atoms with Gasteiger partial charge in [0.05, 0.1) is 0 Å². The van der Waals surface area contributed by atoms with Crippen molar-refractivity contribution >= 4 is 23.3 Å². The molecular formula is C16H15N3O2. The molecule has 1 aliphatic heterocycles. The van der Waals surface area contributed by atoms with Crippen LogP contribution in [-0.2, 0) is 4.79 Å². The maximum atomic E-state index is 12.2. The Kier molecular flexibility index (Phi) is 3.64. The lowest BCUT2D eigenvalue weighted by atomic mass is 10.1. The van der Waals surface area contributed by atoms with Gasteiger partial charge in [-0.15, -0.1) is 0 Å². The van der Waals surface area contributed by atoms with Crippen LogP contribution in [-0.4, -0.2) is 23.3 Å². The number of pyridine rings is 1. The molecule has 2 amide bonds. The molecule has 21 heavy (non-hydrogen) atoms. The van der Waals surface area contributed by atoms with Gasteiger partial charge in [0.2, 0.25) is 5.91 Å². The van der Waals surface area contributed by atoms with E-state index in [-0.39, 0.29) is 11.8 Å². The van der Waals surface area contributed by atoms with E-state index in [1.807, 2.05) is 12.1 Å². The van der Waals surface area contributed by atoms with Crippen LogP contribution >= 0.6 is 0 Å². The van der Waals surface area contributed by atoms with Crippen LogP contribution in [0, 0.1) is 0 Å². The topological polar surface area (TPSA) is 62.3 Å². The summed E-state index contributed by atoms with van der Waals surface area (Å²) in [5.41, 5.74) is 1.28. The molecular weight excluding hydrogens is 266 g/mol. The summed E-state index contributed by atoms with van der Waals surface area (Å²) in [5.74, 6) is 0.379. The highest BCUT2D eigenvalue weighted by Gasteiger charge is 2.22. The van der Waals surface area contributed by atoms with Crippen molar-refractivity contribution in [3.8, 4) is 0 Å². The van der Waals surface area contributed by atoms with Crippen LogP contribution in [0.3, 0.4) is 0 Å². The highest BCUT2D eigenvalue weighted by molar-refractivity contribution is 6.05. The number of nitrogens with zero attached hydrogens (tertiary/aromatic N) is 2. The van der Waals surface area contributed by atoms with Gasteiger partial charge >= 0.3 is 0 Å². The van der Waals surface area contributed by atoms with E-state index < -0.39 is 0 Å². The molecule has 2 aromatic rings. The number of nitrogens with one attached hydrogen (secondary N) is 1. The van der Waals surface area contributed by atoms with E-state index in [0.717, 1.165) is 12.1 Å².